The molecule has 1 aliphatic heterocycles. The summed E-state index contributed by atoms with van der Waals surface area (Å²) in [6.45, 7) is 0. The fourth-order valence-electron chi connectivity index (χ4n) is 5.22. The molecule has 10 nitrogen and oxygen atoms in total. The second-order valence-electron chi connectivity index (χ2n) is 7.56. The Morgan fingerprint density at radius 1 is 1.04 bits per heavy atom. The molecule has 1 N–H and O–H groups in total. The average Bonchev–Trinajstić information content (AvgIpc) is 3.30. The highest BCUT2D eigenvalue weighted by Crippen LogP contribution is 2.72. The van der Waals surface area contributed by atoms with Crippen molar-refractivity contribution in [2.24, 2.45) is 29.1 Å². The van der Waals surface area contributed by atoms with Gasteiger partial charge in [0.05, 0.1) is 27.7 Å². The molecule has 27 heavy (non-hydrogen) atoms. The highest BCUT2D eigenvalue weighted by atomic mass is 16.6. The third-order valence-electron chi connectivity index (χ3n) is 6.48. The van der Waals surface area contributed by atoms with Crippen molar-refractivity contribution in [1.29, 1.82) is 0 Å². The first-order valence-electron chi connectivity index (χ1n) is 8.61. The number of hydrogen-bond acceptors (Lipinski definition) is 6. The maximum absolute atomic E-state index is 13.2. The topological polar surface area (TPSA) is 136 Å². The number of rotatable bonds is 3. The molecule has 2 amide bonds. The quantitative estimate of drug-likeness (QED) is 0.489. The van der Waals surface area contributed by atoms with E-state index in [1.165, 1.54) is 0 Å². The lowest BCUT2D eigenvalue weighted by Crippen LogP contribution is -2.60. The van der Waals surface area contributed by atoms with Gasteiger partial charge in [0.25, 0.3) is 11.6 Å². The Morgan fingerprint density at radius 2 is 1.70 bits per heavy atom. The molecule has 1 saturated heterocycles. The number of carbonyl (C=O) groups excluding carboxylic acids is 2. The van der Waals surface area contributed by atoms with Crippen LogP contribution in [0.25, 0.3) is 0 Å². The van der Waals surface area contributed by atoms with E-state index in [4.69, 9.17) is 0 Å². The molecule has 138 valence electrons. The number of allylic oxidation sites excluding steroid dienone is 2. The number of nitro groups is 2. The summed E-state index contributed by atoms with van der Waals surface area (Å²) in [5.74, 6) is -1.75. The number of fused-ring (bicyclic) bond motifs is 3. The molecule has 3 fully saturated rings. The Kier molecular flexibility index (Phi) is 2.89. The zero-order valence-corrected chi connectivity index (χ0v) is 13.9. The van der Waals surface area contributed by atoms with E-state index in [1.807, 2.05) is 12.2 Å². The van der Waals surface area contributed by atoms with Crippen LogP contribution in [0.15, 0.2) is 30.4 Å². The third kappa shape index (κ3) is 1.89. The van der Waals surface area contributed by atoms with E-state index in [1.54, 1.807) is 0 Å². The van der Waals surface area contributed by atoms with Gasteiger partial charge in [-0.3, -0.25) is 35.2 Å². The second kappa shape index (κ2) is 4.90. The number of carbonyl (C=O) groups is 2. The maximum Gasteiger partial charge on any atom is 0.301 e. The van der Waals surface area contributed by atoms with Gasteiger partial charge < -0.3 is 0 Å². The molecule has 2 saturated carbocycles. The van der Waals surface area contributed by atoms with Crippen LogP contribution in [0, 0.1) is 49.3 Å². The minimum Gasteiger partial charge on any atom is -0.273 e. The highest BCUT2D eigenvalue weighted by Gasteiger charge is 2.71. The molecular formula is C17H14N4O6. The summed E-state index contributed by atoms with van der Waals surface area (Å²) in [7, 11) is 0. The van der Waals surface area contributed by atoms with Gasteiger partial charge in [-0.25, -0.2) is 5.01 Å². The van der Waals surface area contributed by atoms with Crippen molar-refractivity contribution in [2.75, 3.05) is 5.01 Å². The minimum atomic E-state index is -0.795. The van der Waals surface area contributed by atoms with Crippen LogP contribution in [-0.2, 0) is 9.59 Å². The SMILES string of the molecule is O=C1NN(c2ccc([N+](=O)[O-])cc2[N+](=O)[O-])C(=O)[C@@H]2[C@@H]1[C@@H]1C=C[C@@H]2C12CC2. The Balaban J connectivity index is 1.57. The van der Waals surface area contributed by atoms with Crippen LogP contribution < -0.4 is 10.4 Å². The Hall–Kier alpha value is -3.30. The molecule has 5 rings (SSSR count). The molecule has 0 radical (unpaired) electrons. The van der Waals surface area contributed by atoms with Crippen LogP contribution in [0.5, 0.6) is 0 Å². The van der Waals surface area contributed by atoms with E-state index in [0.29, 0.717) is 0 Å². The third-order valence-corrected chi connectivity index (χ3v) is 6.48. The molecule has 1 heterocycles. The van der Waals surface area contributed by atoms with Gasteiger partial charge in [-0.1, -0.05) is 12.2 Å². The lowest BCUT2D eigenvalue weighted by molar-refractivity contribution is -0.393. The number of nitrogens with one attached hydrogen (secondary N) is 1. The van der Waals surface area contributed by atoms with E-state index in [9.17, 15) is 29.8 Å². The molecule has 1 aromatic carbocycles. The normalized spacial score (nSPS) is 31.8. The number of nitrogens with zero attached hydrogens (tertiary/aromatic N) is 3. The summed E-state index contributed by atoms with van der Waals surface area (Å²) >= 11 is 0. The molecule has 4 aliphatic rings. The van der Waals surface area contributed by atoms with Crippen molar-refractivity contribution in [3.63, 3.8) is 0 Å². The number of anilines is 1. The summed E-state index contributed by atoms with van der Waals surface area (Å²) in [4.78, 5) is 46.7. The first-order chi connectivity index (χ1) is 12.8. The van der Waals surface area contributed by atoms with Gasteiger partial charge in [0, 0.05) is 6.07 Å². The van der Waals surface area contributed by atoms with Crippen molar-refractivity contribution < 1.29 is 19.4 Å². The second-order valence-corrected chi connectivity index (χ2v) is 7.56. The standard InChI is InChI=1S/C17H14N4O6/c22-15-13-9-2-3-10(17(9)5-6-17)14(13)16(23)19(18-15)11-4-1-8(20(24)25)7-12(11)21(26)27/h1-4,7,9-10,13-14H,5-6H2,(H,18,22)/t9-,10-,13-,14-/m0/s1. The average molecular weight is 370 g/mol. The van der Waals surface area contributed by atoms with Crippen LogP contribution in [0.1, 0.15) is 12.8 Å². The van der Waals surface area contributed by atoms with Crippen LogP contribution >= 0.6 is 0 Å². The van der Waals surface area contributed by atoms with Crippen LogP contribution in [0.3, 0.4) is 0 Å². The largest absolute Gasteiger partial charge is 0.301 e. The Morgan fingerprint density at radius 3 is 2.30 bits per heavy atom. The monoisotopic (exact) mass is 370 g/mol. The molecule has 1 aromatic rings. The molecule has 1 spiro atoms. The lowest BCUT2D eigenvalue weighted by atomic mass is 9.80. The van der Waals surface area contributed by atoms with Crippen LogP contribution in [0.2, 0.25) is 0 Å². The number of amides is 2. The predicted octanol–water partition coefficient (Wildman–Crippen LogP) is 1.71. The van der Waals surface area contributed by atoms with Gasteiger partial charge >= 0.3 is 5.69 Å². The molecular weight excluding hydrogens is 356 g/mol. The van der Waals surface area contributed by atoms with Gasteiger partial charge in [-0.2, -0.15) is 0 Å². The van der Waals surface area contributed by atoms with Crippen molar-refractivity contribution in [3.8, 4) is 0 Å². The van der Waals surface area contributed by atoms with E-state index in [-0.39, 0.29) is 28.8 Å². The first-order valence-corrected chi connectivity index (χ1v) is 8.61. The summed E-state index contributed by atoms with van der Waals surface area (Å²) < 4.78 is 0. The number of non-ortho nitro benzene ring substituents is 1. The number of hydrazine groups is 1. The Labute approximate surface area is 152 Å². The molecule has 4 atom stereocenters. The molecule has 10 heteroatoms. The van der Waals surface area contributed by atoms with Crippen LogP contribution in [0.4, 0.5) is 17.1 Å². The summed E-state index contributed by atoms with van der Waals surface area (Å²) in [6, 6.07) is 3.01. The molecule has 0 unspecified atom stereocenters. The first kappa shape index (κ1) is 15.9. The fraction of sp³-hybridized carbons (Fsp3) is 0.412. The van der Waals surface area contributed by atoms with E-state index in [0.717, 1.165) is 36.0 Å². The fourth-order valence-corrected chi connectivity index (χ4v) is 5.22. The number of benzene rings is 1. The van der Waals surface area contributed by atoms with Crippen molar-refractivity contribution in [2.45, 2.75) is 12.8 Å². The highest BCUT2D eigenvalue weighted by molar-refractivity contribution is 6.06. The van der Waals surface area contributed by atoms with Crippen molar-refractivity contribution >= 4 is 28.9 Å². The van der Waals surface area contributed by atoms with Gasteiger partial charge in [0.15, 0.2) is 0 Å². The zero-order valence-electron chi connectivity index (χ0n) is 13.9. The lowest BCUT2D eigenvalue weighted by Gasteiger charge is -2.37. The maximum atomic E-state index is 13.2. The van der Waals surface area contributed by atoms with Gasteiger partial charge in [0.1, 0.15) is 5.69 Å². The zero-order chi connectivity index (χ0) is 19.1. The van der Waals surface area contributed by atoms with Crippen LogP contribution in [-0.4, -0.2) is 21.7 Å². The number of hydrogen-bond donors (Lipinski definition) is 1. The summed E-state index contributed by atoms with van der Waals surface area (Å²) in [5, 5.41) is 23.2. The van der Waals surface area contributed by atoms with E-state index >= 15 is 0 Å². The summed E-state index contributed by atoms with van der Waals surface area (Å²) in [5.41, 5.74) is 1.24. The summed E-state index contributed by atoms with van der Waals surface area (Å²) in [6.07, 6.45) is 5.97. The predicted molar refractivity (Wildman–Crippen MR) is 90.1 cm³/mol. The smallest absolute Gasteiger partial charge is 0.273 e. The Bertz CT molecular complexity index is 968. The minimum absolute atomic E-state index is 0.0141. The van der Waals surface area contributed by atoms with Crippen molar-refractivity contribution in [1.82, 2.24) is 5.43 Å². The van der Waals surface area contributed by atoms with Gasteiger partial charge in [-0.15, -0.1) is 0 Å². The number of nitro benzene ring substituents is 2. The van der Waals surface area contributed by atoms with Gasteiger partial charge in [-0.05, 0) is 36.2 Å². The molecule has 3 aliphatic carbocycles. The van der Waals surface area contributed by atoms with Crippen molar-refractivity contribution in [3.05, 3.63) is 50.6 Å². The molecule has 2 bridgehead atoms. The van der Waals surface area contributed by atoms with E-state index < -0.39 is 39.0 Å². The van der Waals surface area contributed by atoms with Gasteiger partial charge in [0.2, 0.25) is 5.91 Å². The molecule has 0 aromatic heterocycles. The van der Waals surface area contributed by atoms with E-state index in [2.05, 4.69) is 5.43 Å².